The number of carboxylic acids is 1. The first kappa shape index (κ1) is 76.2. The van der Waals surface area contributed by atoms with E-state index in [0.717, 1.165) is 81.6 Å². The summed E-state index contributed by atoms with van der Waals surface area (Å²) in [6.45, 7) is 14.9. The molecule has 104 heavy (non-hydrogen) atoms. The molecule has 4 aliphatic carbocycles. The van der Waals surface area contributed by atoms with Gasteiger partial charge >= 0.3 is 12.1 Å². The number of benzene rings is 3. The van der Waals surface area contributed by atoms with E-state index in [2.05, 4.69) is 29.5 Å². The quantitative estimate of drug-likeness (QED) is 0.0239. The summed E-state index contributed by atoms with van der Waals surface area (Å²) < 4.78 is 37.8. The van der Waals surface area contributed by atoms with Crippen LogP contribution < -0.4 is 15.5 Å². The second kappa shape index (κ2) is 33.9. The minimum Gasteiger partial charge on any atom is -0.476 e. The Hall–Kier alpha value is -8.92. The molecule has 3 aromatic carbocycles. The second-order valence-electron chi connectivity index (χ2n) is 29.5. The van der Waals surface area contributed by atoms with Gasteiger partial charge in [0.2, 0.25) is 5.91 Å². The number of rotatable bonds is 39. The van der Waals surface area contributed by atoms with Crippen LogP contribution in [0, 0.1) is 29.1 Å². The summed E-state index contributed by atoms with van der Waals surface area (Å²) in [6, 6.07) is 23.6. The number of pyridine rings is 1. The fraction of sp³-hybridized carbons (Fsp3) is 0.513. The van der Waals surface area contributed by atoms with E-state index in [1.165, 1.54) is 28.4 Å². The zero-order chi connectivity index (χ0) is 73.8. The summed E-state index contributed by atoms with van der Waals surface area (Å²) in [5.74, 6) is -3.12. The first-order valence-electron chi connectivity index (χ1n) is 36.0. The molecule has 4 fully saturated rings. The number of para-hydroxylation sites is 1. The van der Waals surface area contributed by atoms with Crippen molar-refractivity contribution in [3.05, 3.63) is 136 Å². The first-order valence-corrected chi connectivity index (χ1v) is 36.8. The molecule has 3 aromatic heterocycles. The Morgan fingerprint density at radius 3 is 2.11 bits per heavy atom. The number of carbonyl (C=O) groups excluding carboxylic acids is 8. The lowest BCUT2D eigenvalue weighted by Gasteiger charge is -2.69. The third-order valence-corrected chi connectivity index (χ3v) is 21.6. The molecule has 6 aromatic rings. The monoisotopic (exact) mass is 1450 g/mol. The summed E-state index contributed by atoms with van der Waals surface area (Å²) in [5.41, 5.74) is 6.23. The average Bonchev–Trinajstić information content (AvgIpc) is 0.841. The van der Waals surface area contributed by atoms with Gasteiger partial charge in [0.05, 0.1) is 80.9 Å². The molecule has 0 spiro atoms. The highest BCUT2D eigenvalue weighted by Gasteiger charge is 2.66. The number of ether oxygens (including phenoxy) is 6. The number of likely N-dealkylation sites (N-methyl/N-ethyl adjacent to an activating group) is 1. The van der Waals surface area contributed by atoms with Crippen molar-refractivity contribution in [3.63, 3.8) is 0 Å². The van der Waals surface area contributed by atoms with Crippen LogP contribution in [0.2, 0.25) is 0 Å². The van der Waals surface area contributed by atoms with E-state index in [1.807, 2.05) is 71.1 Å². The number of aromatic carboxylic acids is 1. The van der Waals surface area contributed by atoms with Crippen LogP contribution in [0.15, 0.2) is 97.2 Å². The number of amides is 5. The second-order valence-corrected chi connectivity index (χ2v) is 30.5. The summed E-state index contributed by atoms with van der Waals surface area (Å²) >= 11 is 1.42. The maximum absolute atomic E-state index is 13.8. The lowest BCUT2D eigenvalue weighted by atomic mass is 9.39. The van der Waals surface area contributed by atoms with Gasteiger partial charge in [-0.15, -0.1) is 0 Å². The molecule has 5 heterocycles. The van der Waals surface area contributed by atoms with Crippen molar-refractivity contribution in [1.29, 1.82) is 0 Å². The van der Waals surface area contributed by atoms with Gasteiger partial charge in [-0.3, -0.25) is 48.5 Å². The van der Waals surface area contributed by atoms with Crippen molar-refractivity contribution < 1.29 is 76.7 Å². The van der Waals surface area contributed by atoms with Gasteiger partial charge in [-0.1, -0.05) is 80.6 Å². The largest absolute Gasteiger partial charge is 0.476 e. The van der Waals surface area contributed by atoms with Crippen molar-refractivity contribution in [2.45, 2.75) is 149 Å². The van der Waals surface area contributed by atoms with Crippen molar-refractivity contribution in [1.82, 2.24) is 34.9 Å². The van der Waals surface area contributed by atoms with Crippen LogP contribution in [-0.2, 0) is 89.7 Å². The number of hydrogen-bond acceptors (Lipinski definition) is 20. The number of anilines is 2. The number of thiazole rings is 1. The molecule has 554 valence electrons. The number of hydrogen-bond donors (Lipinski definition) is 3. The Kier molecular flexibility index (Phi) is 24.8. The van der Waals surface area contributed by atoms with Gasteiger partial charge in [-0.25, -0.2) is 19.6 Å². The molecule has 25 nitrogen and oxygen atoms in total. The van der Waals surface area contributed by atoms with E-state index < -0.39 is 47.3 Å². The summed E-state index contributed by atoms with van der Waals surface area (Å²) in [6.07, 6.45) is 11.2. The van der Waals surface area contributed by atoms with E-state index >= 15 is 0 Å². The van der Waals surface area contributed by atoms with Gasteiger partial charge in [0.25, 0.3) is 17.7 Å². The average molecular weight is 1450 g/mol. The Balaban J connectivity index is 0.564. The first-order chi connectivity index (χ1) is 49.9. The Bertz CT molecular complexity index is 4120. The standard InChI is InChI=1S/C78H95N9O16S/c1-51(39-58(89)26-31-99-34-36-101-38-37-100-35-33-98-30-10-12-57(88)25-28-86-67(91)22-23-68(86)92)70(93)80-52(2)64(90)40-54-16-18-55(19-17-54)43-102-74(97)84(6)29-32-103-78-47-75(4)44-76(5,48-78)46-77(45-75,49-78)50-87-53(3)61(41-79-87)59-20-21-66(82-69(59)72(95)96)85-27-24-56-11-9-13-60(62(56)42-85)71(94)83-73-81-63-14-7-8-15-65(63)104-73/h7-9,11,13-23,41,51-52H,10,12,24-40,42-50H2,1-6H3,(H,80,93)(H,95,96)(H,81,83,94)/t51-,52+,75?,76?,77?,78?/m1/s1. The number of carbonyl (C=O) groups is 9. The number of nitrogens with zero attached hydrogens (tertiary/aromatic N) is 7. The molecule has 3 N–H and O–H groups in total. The minimum atomic E-state index is -1.15. The van der Waals surface area contributed by atoms with Crippen LogP contribution in [0.4, 0.5) is 15.7 Å². The third-order valence-electron chi connectivity index (χ3n) is 20.6. The molecule has 4 bridgehead atoms. The van der Waals surface area contributed by atoms with Gasteiger partial charge in [0.15, 0.2) is 16.6 Å². The summed E-state index contributed by atoms with van der Waals surface area (Å²) in [5, 5.41) is 22.0. The number of ketones is 3. The van der Waals surface area contributed by atoms with Crippen LogP contribution in [-0.4, -0.2) is 185 Å². The Morgan fingerprint density at radius 2 is 1.40 bits per heavy atom. The van der Waals surface area contributed by atoms with Crippen molar-refractivity contribution in [2.75, 3.05) is 96.4 Å². The minimum absolute atomic E-state index is 0.000303. The molecular formula is C78H95N9O16S. The third kappa shape index (κ3) is 19.3. The molecule has 12 rings (SSSR count). The highest BCUT2D eigenvalue weighted by molar-refractivity contribution is 7.22. The topological polar surface area (TPSA) is 307 Å². The van der Waals surface area contributed by atoms with Crippen molar-refractivity contribution >= 4 is 85.5 Å². The number of aromatic nitrogens is 4. The molecule has 2 unspecified atom stereocenters. The van der Waals surface area contributed by atoms with E-state index in [0.29, 0.717) is 119 Å². The van der Waals surface area contributed by atoms with Crippen molar-refractivity contribution in [3.8, 4) is 11.1 Å². The summed E-state index contributed by atoms with van der Waals surface area (Å²) in [4.78, 5) is 128. The van der Waals surface area contributed by atoms with Crippen LogP contribution in [0.3, 0.4) is 0 Å². The maximum Gasteiger partial charge on any atom is 0.409 e. The predicted octanol–water partition coefficient (Wildman–Crippen LogP) is 10.1. The van der Waals surface area contributed by atoms with Crippen LogP contribution in [0.1, 0.15) is 147 Å². The van der Waals surface area contributed by atoms with Gasteiger partial charge < -0.3 is 48.6 Å². The van der Waals surface area contributed by atoms with E-state index in [1.54, 1.807) is 51.4 Å². The van der Waals surface area contributed by atoms with Crippen LogP contribution in [0.25, 0.3) is 21.3 Å². The molecule has 0 saturated heterocycles. The van der Waals surface area contributed by atoms with Gasteiger partial charge in [-0.05, 0) is 134 Å². The fourth-order valence-corrected chi connectivity index (χ4v) is 17.4. The van der Waals surface area contributed by atoms with Gasteiger partial charge in [-0.2, -0.15) is 5.10 Å². The maximum atomic E-state index is 13.8. The molecule has 6 aliphatic rings. The summed E-state index contributed by atoms with van der Waals surface area (Å²) in [7, 11) is 1.70. The molecule has 4 saturated carbocycles. The molecular weight excluding hydrogens is 1350 g/mol. The Labute approximate surface area is 609 Å². The molecule has 5 amide bonds. The fourth-order valence-electron chi connectivity index (χ4n) is 16.6. The Morgan fingerprint density at radius 1 is 0.721 bits per heavy atom. The molecule has 0 radical (unpaired) electrons. The van der Waals surface area contributed by atoms with Crippen LogP contribution >= 0.6 is 11.3 Å². The van der Waals surface area contributed by atoms with E-state index in [9.17, 15) is 48.3 Å². The number of Topliss-reactive ketones (excluding diaryl/α,β-unsaturated/α-hetero) is 3. The van der Waals surface area contributed by atoms with E-state index in [4.69, 9.17) is 38.5 Å². The van der Waals surface area contributed by atoms with Gasteiger partial charge in [0.1, 0.15) is 24.0 Å². The lowest BCUT2D eigenvalue weighted by molar-refractivity contribution is -0.248. The predicted molar refractivity (Wildman–Crippen MR) is 388 cm³/mol. The molecule has 26 heteroatoms. The molecule has 4 atom stereocenters. The number of nitrogens with one attached hydrogen (secondary N) is 2. The SMILES string of the molecule is Cc1c(-c2ccc(N3CCc4cccc(C(=O)Nc5nc6ccccc6s5)c4C3)nc2C(=O)O)cnn1CC12CC3(C)CC(C)(C1)CC(OCCN(C)C(=O)OCc1ccc(CC(=O)[C@H](C)NC(=O)[C@H](C)CC(=O)CCOCCOCCOCCOCCCC(=O)CCN4C(=O)C=CC4=O)cc1)(C3)C2. The van der Waals surface area contributed by atoms with Crippen molar-refractivity contribution in [2.24, 2.45) is 22.2 Å². The lowest BCUT2D eigenvalue weighted by Crippen LogP contribution is -2.64. The number of carboxylic acid groups (broad SMARTS) is 1. The smallest absolute Gasteiger partial charge is 0.409 e. The number of fused-ring (bicyclic) bond motifs is 2. The molecule has 2 aliphatic heterocycles. The highest BCUT2D eigenvalue weighted by atomic mass is 32.1. The zero-order valence-electron chi connectivity index (χ0n) is 60.3. The normalized spacial score (nSPS) is 20.8. The highest BCUT2D eigenvalue weighted by Crippen LogP contribution is 2.72. The zero-order valence-corrected chi connectivity index (χ0v) is 61.1. The van der Waals surface area contributed by atoms with Crippen LogP contribution in [0.5, 0.6) is 0 Å². The van der Waals surface area contributed by atoms with E-state index in [-0.39, 0.29) is 97.2 Å². The van der Waals surface area contributed by atoms with Gasteiger partial charge in [0, 0.05) is 119 Å². The number of imide groups is 1.